The van der Waals surface area contributed by atoms with Gasteiger partial charge < -0.3 is 4.90 Å². The van der Waals surface area contributed by atoms with Crippen LogP contribution in [0.2, 0.25) is 0 Å². The van der Waals surface area contributed by atoms with Gasteiger partial charge in [0.05, 0.1) is 15.6 Å². The molecule has 3 heterocycles. The van der Waals surface area contributed by atoms with Crippen LogP contribution in [0.4, 0.5) is 0 Å². The summed E-state index contributed by atoms with van der Waals surface area (Å²) >= 11 is 6.70. The number of thiazole rings is 1. The van der Waals surface area contributed by atoms with Crippen LogP contribution < -0.4 is 0 Å². The number of aromatic amines is 2. The van der Waals surface area contributed by atoms with Crippen molar-refractivity contribution in [2.75, 3.05) is 19.6 Å². The van der Waals surface area contributed by atoms with E-state index in [9.17, 15) is 0 Å². The minimum Gasteiger partial charge on any atom is -0.303 e. The standard InChI is InChI=1S/C12H17N5S2/c1-8-10(11-14-12(18)16-15-11)19-9(13-8)4-7-17-5-2-3-6-17/h2-7H2,1H3,(H2,14,15,16,18). The summed E-state index contributed by atoms with van der Waals surface area (Å²) in [6.45, 7) is 5.62. The second-order valence-electron chi connectivity index (χ2n) is 4.84. The summed E-state index contributed by atoms with van der Waals surface area (Å²) in [5, 5.41) is 7.00. The van der Waals surface area contributed by atoms with E-state index in [4.69, 9.17) is 12.2 Å². The van der Waals surface area contributed by atoms with Crippen LogP contribution in [0, 0.1) is 11.7 Å². The fourth-order valence-electron chi connectivity index (χ4n) is 2.42. The maximum absolute atomic E-state index is 4.99. The molecule has 102 valence electrons. The summed E-state index contributed by atoms with van der Waals surface area (Å²) in [6.07, 6.45) is 3.70. The molecular weight excluding hydrogens is 278 g/mol. The van der Waals surface area contributed by atoms with Crippen LogP contribution in [0.25, 0.3) is 10.7 Å². The van der Waals surface area contributed by atoms with Gasteiger partial charge in [-0.1, -0.05) is 0 Å². The van der Waals surface area contributed by atoms with Crippen molar-refractivity contribution in [3.8, 4) is 10.7 Å². The monoisotopic (exact) mass is 295 g/mol. The number of hydrogen-bond acceptors (Lipinski definition) is 5. The molecule has 1 fully saturated rings. The van der Waals surface area contributed by atoms with Gasteiger partial charge in [0.1, 0.15) is 0 Å². The number of nitrogens with one attached hydrogen (secondary N) is 2. The van der Waals surface area contributed by atoms with Gasteiger partial charge in [-0.05, 0) is 45.1 Å². The van der Waals surface area contributed by atoms with Crippen LogP contribution in [0.3, 0.4) is 0 Å². The molecule has 1 saturated heterocycles. The maximum Gasteiger partial charge on any atom is 0.213 e. The molecule has 5 nitrogen and oxygen atoms in total. The molecule has 0 saturated carbocycles. The van der Waals surface area contributed by atoms with Crippen molar-refractivity contribution < 1.29 is 0 Å². The van der Waals surface area contributed by atoms with E-state index in [1.54, 1.807) is 11.3 Å². The molecule has 0 amide bonds. The van der Waals surface area contributed by atoms with Gasteiger partial charge in [-0.2, -0.15) is 4.98 Å². The summed E-state index contributed by atoms with van der Waals surface area (Å²) in [5.41, 5.74) is 1.03. The van der Waals surface area contributed by atoms with Crippen LogP contribution in [0.1, 0.15) is 23.5 Å². The second kappa shape index (κ2) is 5.52. The van der Waals surface area contributed by atoms with Gasteiger partial charge >= 0.3 is 0 Å². The predicted octanol–water partition coefficient (Wildman–Crippen LogP) is 2.54. The zero-order chi connectivity index (χ0) is 13.2. The Hall–Kier alpha value is -1.05. The highest BCUT2D eigenvalue weighted by atomic mass is 32.1. The molecule has 0 aromatic carbocycles. The number of hydrogen-bond donors (Lipinski definition) is 2. The van der Waals surface area contributed by atoms with Crippen LogP contribution in [0.15, 0.2) is 0 Å². The number of aryl methyl sites for hydroxylation is 1. The Morgan fingerprint density at radius 2 is 2.05 bits per heavy atom. The molecule has 0 unspecified atom stereocenters. The maximum atomic E-state index is 4.99. The number of likely N-dealkylation sites (tertiary alicyclic amines) is 1. The number of aromatic nitrogens is 4. The average Bonchev–Trinajstić information content (AvgIpc) is 3.07. The third-order valence-corrected chi connectivity index (χ3v) is 4.81. The molecule has 2 aromatic heterocycles. The Morgan fingerprint density at radius 1 is 1.26 bits per heavy atom. The molecular formula is C12H17N5S2. The van der Waals surface area contributed by atoms with E-state index < -0.39 is 0 Å². The van der Waals surface area contributed by atoms with Crippen LogP contribution in [-0.2, 0) is 6.42 Å². The smallest absolute Gasteiger partial charge is 0.213 e. The third-order valence-electron chi connectivity index (χ3n) is 3.40. The molecule has 0 spiro atoms. The van der Waals surface area contributed by atoms with E-state index in [1.165, 1.54) is 30.9 Å². The largest absolute Gasteiger partial charge is 0.303 e. The van der Waals surface area contributed by atoms with Crippen molar-refractivity contribution in [3.63, 3.8) is 0 Å². The minimum absolute atomic E-state index is 0.487. The van der Waals surface area contributed by atoms with E-state index in [2.05, 4.69) is 25.1 Å². The SMILES string of the molecule is Cc1nc(CCN2CCCC2)sc1-c1nc(=S)[nH][nH]1. The molecule has 19 heavy (non-hydrogen) atoms. The molecule has 2 N–H and O–H groups in total. The average molecular weight is 295 g/mol. The molecule has 0 radical (unpaired) electrons. The van der Waals surface area contributed by atoms with Crippen molar-refractivity contribution in [2.45, 2.75) is 26.2 Å². The van der Waals surface area contributed by atoms with Crippen molar-refractivity contribution >= 4 is 23.6 Å². The number of H-pyrrole nitrogens is 2. The minimum atomic E-state index is 0.487. The van der Waals surface area contributed by atoms with Gasteiger partial charge in [0.2, 0.25) is 4.77 Å². The highest BCUT2D eigenvalue weighted by molar-refractivity contribution is 7.71. The topological polar surface area (TPSA) is 60.6 Å². The van der Waals surface area contributed by atoms with E-state index in [0.717, 1.165) is 29.4 Å². The fourth-order valence-corrected chi connectivity index (χ4v) is 3.56. The summed E-state index contributed by atoms with van der Waals surface area (Å²) in [5.74, 6) is 0.799. The van der Waals surface area contributed by atoms with Gasteiger partial charge in [0.25, 0.3) is 0 Å². The zero-order valence-corrected chi connectivity index (χ0v) is 12.5. The zero-order valence-electron chi connectivity index (χ0n) is 10.9. The van der Waals surface area contributed by atoms with Gasteiger partial charge in [0, 0.05) is 13.0 Å². The Bertz CT molecular complexity index is 606. The molecule has 0 aliphatic carbocycles. The van der Waals surface area contributed by atoms with E-state index in [-0.39, 0.29) is 0 Å². The Morgan fingerprint density at radius 3 is 2.74 bits per heavy atom. The first kappa shape index (κ1) is 13.0. The quantitative estimate of drug-likeness (QED) is 0.851. The molecule has 2 aromatic rings. The molecule has 0 bridgehead atoms. The lowest BCUT2D eigenvalue weighted by molar-refractivity contribution is 0.343. The van der Waals surface area contributed by atoms with E-state index >= 15 is 0 Å². The van der Waals surface area contributed by atoms with Gasteiger partial charge in [-0.25, -0.2) is 4.98 Å². The summed E-state index contributed by atoms with van der Waals surface area (Å²) in [7, 11) is 0. The first-order valence-corrected chi connectivity index (χ1v) is 7.78. The van der Waals surface area contributed by atoms with Crippen LogP contribution in [0.5, 0.6) is 0 Å². The lowest BCUT2D eigenvalue weighted by atomic mass is 10.3. The second-order valence-corrected chi connectivity index (χ2v) is 6.31. The first-order valence-electron chi connectivity index (χ1n) is 6.56. The van der Waals surface area contributed by atoms with Gasteiger partial charge in [-0.15, -0.1) is 11.3 Å². The molecule has 7 heteroatoms. The summed E-state index contributed by atoms with van der Waals surface area (Å²) in [4.78, 5) is 12.5. The van der Waals surface area contributed by atoms with Crippen molar-refractivity contribution in [1.29, 1.82) is 0 Å². The predicted molar refractivity (Wildman–Crippen MR) is 79.0 cm³/mol. The van der Waals surface area contributed by atoms with Crippen LogP contribution >= 0.6 is 23.6 Å². The fraction of sp³-hybridized carbons (Fsp3) is 0.583. The van der Waals surface area contributed by atoms with E-state index in [0.29, 0.717) is 4.77 Å². The summed E-state index contributed by atoms with van der Waals surface area (Å²) in [6, 6.07) is 0. The van der Waals surface area contributed by atoms with E-state index in [1.807, 2.05) is 6.92 Å². The Kier molecular flexibility index (Phi) is 3.76. The number of rotatable bonds is 4. The third kappa shape index (κ3) is 2.93. The normalized spacial score (nSPS) is 16.3. The lowest BCUT2D eigenvalue weighted by Crippen LogP contribution is -2.21. The Labute approximate surface area is 121 Å². The van der Waals surface area contributed by atoms with Crippen LogP contribution in [-0.4, -0.2) is 44.7 Å². The Balaban J connectivity index is 1.71. The molecule has 1 aliphatic rings. The highest BCUT2D eigenvalue weighted by Crippen LogP contribution is 2.27. The highest BCUT2D eigenvalue weighted by Gasteiger charge is 2.15. The molecule has 0 atom stereocenters. The van der Waals surface area contributed by atoms with Crippen molar-refractivity contribution in [1.82, 2.24) is 25.1 Å². The molecule has 1 aliphatic heterocycles. The lowest BCUT2D eigenvalue weighted by Gasteiger charge is -2.12. The summed E-state index contributed by atoms with van der Waals surface area (Å²) < 4.78 is 0.487. The first-order chi connectivity index (χ1) is 9.22. The molecule has 3 rings (SSSR count). The van der Waals surface area contributed by atoms with Crippen molar-refractivity contribution in [3.05, 3.63) is 15.5 Å². The number of nitrogens with zero attached hydrogens (tertiary/aromatic N) is 3. The van der Waals surface area contributed by atoms with Gasteiger partial charge in [-0.3, -0.25) is 10.2 Å². The van der Waals surface area contributed by atoms with Gasteiger partial charge in [0.15, 0.2) is 5.82 Å². The van der Waals surface area contributed by atoms with Crippen molar-refractivity contribution in [2.24, 2.45) is 0 Å².